The summed E-state index contributed by atoms with van der Waals surface area (Å²) < 4.78 is 0. The van der Waals surface area contributed by atoms with E-state index in [2.05, 4.69) is 5.32 Å². The molecule has 2 aromatic rings. The molecule has 1 aromatic heterocycles. The predicted octanol–water partition coefficient (Wildman–Crippen LogP) is 3.55. The second kappa shape index (κ2) is 6.02. The summed E-state index contributed by atoms with van der Waals surface area (Å²) in [6.45, 7) is 1.95. The summed E-state index contributed by atoms with van der Waals surface area (Å²) in [4.78, 5) is 23.0. The van der Waals surface area contributed by atoms with E-state index in [9.17, 15) is 14.9 Å². The lowest BCUT2D eigenvalue weighted by Gasteiger charge is -2.03. The average molecular weight is 311 g/mol. The van der Waals surface area contributed by atoms with Crippen LogP contribution in [-0.4, -0.2) is 10.8 Å². The van der Waals surface area contributed by atoms with Crippen molar-refractivity contribution in [3.63, 3.8) is 0 Å². The van der Waals surface area contributed by atoms with Crippen LogP contribution < -0.4 is 5.32 Å². The normalized spacial score (nSPS) is 10.3. The molecule has 0 atom stereocenters. The first kappa shape index (κ1) is 14.5. The van der Waals surface area contributed by atoms with E-state index in [0.717, 1.165) is 16.9 Å². The van der Waals surface area contributed by atoms with Crippen LogP contribution in [0, 0.1) is 17.0 Å². The van der Waals surface area contributed by atoms with Crippen LogP contribution in [-0.2, 0) is 6.54 Å². The Morgan fingerprint density at radius 3 is 2.80 bits per heavy atom. The Morgan fingerprint density at radius 2 is 2.20 bits per heavy atom. The SMILES string of the molecule is Cc1sc(C(=O)NCc2cccc(Cl)c2)cc1[N+](=O)[O-]. The van der Waals surface area contributed by atoms with Gasteiger partial charge in [-0.15, -0.1) is 11.3 Å². The number of rotatable bonds is 4. The second-order valence-corrected chi connectivity index (χ2v) is 5.81. The fourth-order valence-corrected chi connectivity index (χ4v) is 2.80. The molecule has 0 unspecified atom stereocenters. The molecule has 0 aliphatic carbocycles. The minimum atomic E-state index is -0.487. The molecular weight excluding hydrogens is 300 g/mol. The van der Waals surface area contributed by atoms with Crippen LogP contribution >= 0.6 is 22.9 Å². The van der Waals surface area contributed by atoms with E-state index in [0.29, 0.717) is 21.3 Å². The Hall–Kier alpha value is -1.92. The third-order valence-electron chi connectivity index (χ3n) is 2.65. The van der Waals surface area contributed by atoms with Crippen molar-refractivity contribution in [1.29, 1.82) is 0 Å². The summed E-state index contributed by atoms with van der Waals surface area (Å²) in [6.07, 6.45) is 0. The van der Waals surface area contributed by atoms with Crippen molar-refractivity contribution < 1.29 is 9.72 Å². The molecule has 1 aromatic carbocycles. The molecular formula is C13H11ClN2O3S. The third-order valence-corrected chi connectivity index (χ3v) is 3.93. The molecule has 1 N–H and O–H groups in total. The number of hydrogen-bond donors (Lipinski definition) is 1. The van der Waals surface area contributed by atoms with Gasteiger partial charge in [-0.25, -0.2) is 0 Å². The van der Waals surface area contributed by atoms with Gasteiger partial charge in [0.2, 0.25) is 0 Å². The molecule has 0 aliphatic rings. The number of carbonyl (C=O) groups is 1. The van der Waals surface area contributed by atoms with Crippen molar-refractivity contribution >= 4 is 34.5 Å². The zero-order valence-electron chi connectivity index (χ0n) is 10.6. The fraction of sp³-hybridized carbons (Fsp3) is 0.154. The highest BCUT2D eigenvalue weighted by Crippen LogP contribution is 2.27. The van der Waals surface area contributed by atoms with Gasteiger partial charge in [0.1, 0.15) is 0 Å². The van der Waals surface area contributed by atoms with Gasteiger partial charge < -0.3 is 5.32 Å². The highest BCUT2D eigenvalue weighted by molar-refractivity contribution is 7.14. The van der Waals surface area contributed by atoms with Crippen molar-refractivity contribution in [2.24, 2.45) is 0 Å². The summed E-state index contributed by atoms with van der Waals surface area (Å²) in [5.41, 5.74) is 0.844. The third kappa shape index (κ3) is 3.34. The van der Waals surface area contributed by atoms with Gasteiger partial charge in [0.25, 0.3) is 11.6 Å². The average Bonchev–Trinajstić information content (AvgIpc) is 2.78. The summed E-state index contributed by atoms with van der Waals surface area (Å²) >= 11 is 6.96. The fourth-order valence-electron chi connectivity index (χ4n) is 1.68. The molecule has 0 saturated carbocycles. The van der Waals surface area contributed by atoms with E-state index in [4.69, 9.17) is 11.6 Å². The van der Waals surface area contributed by atoms with Gasteiger partial charge in [0, 0.05) is 17.6 Å². The van der Waals surface area contributed by atoms with Crippen molar-refractivity contribution in [3.8, 4) is 0 Å². The van der Waals surface area contributed by atoms with Gasteiger partial charge in [-0.05, 0) is 24.6 Å². The van der Waals surface area contributed by atoms with Crippen molar-refractivity contribution in [3.05, 3.63) is 60.8 Å². The molecule has 2 rings (SSSR count). The van der Waals surface area contributed by atoms with Gasteiger partial charge in [-0.1, -0.05) is 23.7 Å². The number of nitrogens with one attached hydrogen (secondary N) is 1. The van der Waals surface area contributed by atoms with Crippen molar-refractivity contribution in [2.45, 2.75) is 13.5 Å². The Labute approximate surface area is 124 Å². The Kier molecular flexibility index (Phi) is 4.36. The Morgan fingerprint density at radius 1 is 1.45 bits per heavy atom. The van der Waals surface area contributed by atoms with E-state index >= 15 is 0 Å². The first-order valence-electron chi connectivity index (χ1n) is 5.75. The van der Waals surface area contributed by atoms with Gasteiger partial charge in [-0.3, -0.25) is 14.9 Å². The van der Waals surface area contributed by atoms with E-state index in [1.54, 1.807) is 25.1 Å². The topological polar surface area (TPSA) is 72.2 Å². The number of halogens is 1. The molecule has 0 fully saturated rings. The number of amides is 1. The lowest BCUT2D eigenvalue weighted by atomic mass is 10.2. The van der Waals surface area contributed by atoms with Gasteiger partial charge in [0.05, 0.1) is 14.7 Å². The van der Waals surface area contributed by atoms with Crippen molar-refractivity contribution in [2.75, 3.05) is 0 Å². The first-order chi connectivity index (χ1) is 9.47. The Balaban J connectivity index is 2.05. The van der Waals surface area contributed by atoms with Gasteiger partial charge in [0.15, 0.2) is 0 Å². The van der Waals surface area contributed by atoms with Crippen LogP contribution in [0.3, 0.4) is 0 Å². The minimum Gasteiger partial charge on any atom is -0.347 e. The molecule has 1 amide bonds. The number of benzene rings is 1. The van der Waals surface area contributed by atoms with E-state index < -0.39 is 4.92 Å². The first-order valence-corrected chi connectivity index (χ1v) is 6.94. The summed E-state index contributed by atoms with van der Waals surface area (Å²) in [6, 6.07) is 8.44. The monoisotopic (exact) mass is 310 g/mol. The van der Waals surface area contributed by atoms with Crippen molar-refractivity contribution in [1.82, 2.24) is 5.32 Å². The van der Waals surface area contributed by atoms with Crippen LogP contribution in [0.1, 0.15) is 20.1 Å². The number of aryl methyl sites for hydroxylation is 1. The van der Waals surface area contributed by atoms with E-state index in [1.165, 1.54) is 6.07 Å². The number of hydrogen-bond acceptors (Lipinski definition) is 4. The highest BCUT2D eigenvalue weighted by atomic mass is 35.5. The molecule has 0 saturated heterocycles. The van der Waals surface area contributed by atoms with Crippen LogP contribution in [0.25, 0.3) is 0 Å². The molecule has 0 aliphatic heterocycles. The molecule has 1 heterocycles. The largest absolute Gasteiger partial charge is 0.347 e. The Bertz CT molecular complexity index is 669. The quantitative estimate of drug-likeness (QED) is 0.693. The summed E-state index contributed by atoms with van der Waals surface area (Å²) in [5, 5.41) is 14.0. The number of nitro groups is 1. The predicted molar refractivity (Wildman–Crippen MR) is 78.3 cm³/mol. The van der Waals surface area contributed by atoms with Crippen LogP contribution in [0.4, 0.5) is 5.69 Å². The number of carbonyl (C=O) groups excluding carboxylic acids is 1. The summed E-state index contributed by atoms with van der Waals surface area (Å²) in [5.74, 6) is -0.328. The molecule has 0 bridgehead atoms. The molecule has 7 heteroatoms. The van der Waals surface area contributed by atoms with Crippen LogP contribution in [0.5, 0.6) is 0 Å². The maximum absolute atomic E-state index is 11.9. The zero-order valence-corrected chi connectivity index (χ0v) is 12.1. The lowest BCUT2D eigenvalue weighted by Crippen LogP contribution is -2.21. The molecule has 5 nitrogen and oxygen atoms in total. The zero-order chi connectivity index (χ0) is 14.7. The van der Waals surface area contributed by atoms with E-state index in [1.807, 2.05) is 6.07 Å². The molecule has 0 radical (unpaired) electrons. The molecule has 0 spiro atoms. The maximum Gasteiger partial charge on any atom is 0.283 e. The second-order valence-electron chi connectivity index (χ2n) is 4.12. The summed E-state index contributed by atoms with van der Waals surface area (Å²) in [7, 11) is 0. The molecule has 104 valence electrons. The highest BCUT2D eigenvalue weighted by Gasteiger charge is 2.19. The van der Waals surface area contributed by atoms with Gasteiger partial charge >= 0.3 is 0 Å². The van der Waals surface area contributed by atoms with Crippen LogP contribution in [0.2, 0.25) is 5.02 Å². The molecule has 20 heavy (non-hydrogen) atoms. The smallest absolute Gasteiger partial charge is 0.283 e. The lowest BCUT2D eigenvalue weighted by molar-refractivity contribution is -0.385. The van der Waals surface area contributed by atoms with Gasteiger partial charge in [-0.2, -0.15) is 0 Å². The van der Waals surface area contributed by atoms with Crippen LogP contribution in [0.15, 0.2) is 30.3 Å². The number of thiophene rings is 1. The maximum atomic E-state index is 11.9. The number of nitrogens with zero attached hydrogens (tertiary/aromatic N) is 1. The minimum absolute atomic E-state index is 0.0251. The van der Waals surface area contributed by atoms with E-state index in [-0.39, 0.29) is 11.6 Å². The standard InChI is InChI=1S/C13H11ClN2O3S/c1-8-11(16(18)19)6-12(20-8)13(17)15-7-9-3-2-4-10(14)5-9/h2-6H,7H2,1H3,(H,15,17).